The van der Waals surface area contributed by atoms with Crippen LogP contribution in [-0.4, -0.2) is 36.5 Å². The summed E-state index contributed by atoms with van der Waals surface area (Å²) in [5.41, 5.74) is 0.846. The second kappa shape index (κ2) is 9.00. The second-order valence-corrected chi connectivity index (χ2v) is 9.01. The average molecular weight is 471 g/mol. The molecular weight excluding hydrogens is 448 g/mol. The third-order valence-corrected chi connectivity index (χ3v) is 6.89. The lowest BCUT2D eigenvalue weighted by atomic mass is 9.95. The zero-order chi connectivity index (χ0) is 22.2. The molecule has 2 aromatic carbocycles. The van der Waals surface area contributed by atoms with Crippen LogP contribution in [0, 0.1) is 5.92 Å². The van der Waals surface area contributed by atoms with Crippen LogP contribution in [0.15, 0.2) is 36.4 Å². The fraction of sp³-hybridized carbons (Fsp3) is 0.435. The summed E-state index contributed by atoms with van der Waals surface area (Å²) in [7, 11) is 0. The Morgan fingerprint density at radius 2 is 1.68 bits per heavy atom. The first kappa shape index (κ1) is 22.4. The van der Waals surface area contributed by atoms with Crippen molar-refractivity contribution < 1.29 is 18.0 Å². The SMILES string of the molecule is O=C1C(Cc2c(Cl)cc(-c3cccc(C(F)(F)F)c3)cc2Cl)CCN1C1CCNCC1. The zero-order valence-electron chi connectivity index (χ0n) is 16.8. The lowest BCUT2D eigenvalue weighted by Crippen LogP contribution is -2.44. The quantitative estimate of drug-likeness (QED) is 0.610. The van der Waals surface area contributed by atoms with Crippen molar-refractivity contribution in [2.75, 3.05) is 19.6 Å². The number of carbonyl (C=O) groups is 1. The number of hydrogen-bond donors (Lipinski definition) is 1. The molecular formula is C23H23Cl2F3N2O. The third kappa shape index (κ3) is 4.86. The van der Waals surface area contributed by atoms with Crippen molar-refractivity contribution >= 4 is 29.1 Å². The minimum atomic E-state index is -4.42. The van der Waals surface area contributed by atoms with Crippen LogP contribution in [0.3, 0.4) is 0 Å². The first-order valence-corrected chi connectivity index (χ1v) is 11.2. The minimum Gasteiger partial charge on any atom is -0.339 e. The van der Waals surface area contributed by atoms with Gasteiger partial charge in [-0.05, 0) is 79.7 Å². The summed E-state index contributed by atoms with van der Waals surface area (Å²) in [4.78, 5) is 15.0. The van der Waals surface area contributed by atoms with E-state index in [9.17, 15) is 18.0 Å². The van der Waals surface area contributed by atoms with Gasteiger partial charge < -0.3 is 10.2 Å². The van der Waals surface area contributed by atoms with Crippen LogP contribution in [0.5, 0.6) is 0 Å². The molecule has 2 fully saturated rings. The molecule has 0 radical (unpaired) electrons. The molecule has 3 nitrogen and oxygen atoms in total. The molecule has 2 aliphatic heterocycles. The maximum Gasteiger partial charge on any atom is 0.416 e. The zero-order valence-corrected chi connectivity index (χ0v) is 18.3. The first-order valence-electron chi connectivity index (χ1n) is 10.4. The number of rotatable bonds is 4. The van der Waals surface area contributed by atoms with Crippen LogP contribution in [-0.2, 0) is 17.4 Å². The van der Waals surface area contributed by atoms with Crippen molar-refractivity contribution in [2.45, 2.75) is 37.9 Å². The predicted octanol–water partition coefficient (Wildman–Crippen LogP) is 5.82. The Labute approximate surface area is 189 Å². The molecule has 0 bridgehead atoms. The van der Waals surface area contributed by atoms with Gasteiger partial charge in [-0.1, -0.05) is 35.3 Å². The van der Waals surface area contributed by atoms with Crippen LogP contribution in [0.25, 0.3) is 11.1 Å². The highest BCUT2D eigenvalue weighted by Gasteiger charge is 2.37. The van der Waals surface area contributed by atoms with Gasteiger partial charge in [0.1, 0.15) is 0 Å². The van der Waals surface area contributed by atoms with Crippen molar-refractivity contribution in [3.8, 4) is 11.1 Å². The number of carbonyl (C=O) groups excluding carboxylic acids is 1. The van der Waals surface area contributed by atoms with E-state index in [-0.39, 0.29) is 17.9 Å². The number of alkyl halides is 3. The Hall–Kier alpha value is -1.76. The van der Waals surface area contributed by atoms with Gasteiger partial charge in [0.05, 0.1) is 5.56 Å². The van der Waals surface area contributed by atoms with E-state index in [2.05, 4.69) is 5.32 Å². The molecule has 0 saturated carbocycles. The van der Waals surface area contributed by atoms with Crippen LogP contribution in [0.2, 0.25) is 10.0 Å². The van der Waals surface area contributed by atoms with E-state index in [4.69, 9.17) is 23.2 Å². The largest absolute Gasteiger partial charge is 0.416 e. The number of nitrogens with zero attached hydrogens (tertiary/aromatic N) is 1. The fourth-order valence-corrected chi connectivity index (χ4v) is 5.16. The van der Waals surface area contributed by atoms with Crippen molar-refractivity contribution in [3.63, 3.8) is 0 Å². The fourth-order valence-electron chi connectivity index (χ4n) is 4.52. The van der Waals surface area contributed by atoms with E-state index < -0.39 is 11.7 Å². The third-order valence-electron chi connectivity index (χ3n) is 6.22. The van der Waals surface area contributed by atoms with Gasteiger partial charge in [0, 0.05) is 28.5 Å². The highest BCUT2D eigenvalue weighted by molar-refractivity contribution is 6.36. The first-order chi connectivity index (χ1) is 14.7. The van der Waals surface area contributed by atoms with Gasteiger partial charge in [-0.3, -0.25) is 4.79 Å². The standard InChI is InChI=1S/C23H23Cl2F3N2O/c24-20-12-16(14-2-1-3-17(10-14)23(26,27)28)13-21(25)19(20)11-15-6-9-30(22(15)31)18-4-7-29-8-5-18/h1-3,10,12-13,15,18,29H,4-9,11H2. The molecule has 166 valence electrons. The summed E-state index contributed by atoms with van der Waals surface area (Å²) in [6.07, 6.45) is -1.31. The van der Waals surface area contributed by atoms with E-state index in [1.165, 1.54) is 6.07 Å². The number of piperidine rings is 1. The van der Waals surface area contributed by atoms with Gasteiger partial charge in [0.25, 0.3) is 0 Å². The topological polar surface area (TPSA) is 32.3 Å². The number of hydrogen-bond acceptors (Lipinski definition) is 2. The lowest BCUT2D eigenvalue weighted by molar-refractivity contribution is -0.137. The van der Waals surface area contributed by atoms with E-state index in [1.54, 1.807) is 18.2 Å². The van der Waals surface area contributed by atoms with Crippen LogP contribution >= 0.6 is 23.2 Å². The van der Waals surface area contributed by atoms with Crippen LogP contribution < -0.4 is 5.32 Å². The molecule has 1 unspecified atom stereocenters. The lowest BCUT2D eigenvalue weighted by Gasteiger charge is -2.31. The van der Waals surface area contributed by atoms with E-state index in [0.717, 1.165) is 51.0 Å². The summed E-state index contributed by atoms with van der Waals surface area (Å²) in [5, 5.41) is 4.05. The Kier molecular flexibility index (Phi) is 6.52. The van der Waals surface area contributed by atoms with E-state index >= 15 is 0 Å². The van der Waals surface area contributed by atoms with Crippen molar-refractivity contribution in [2.24, 2.45) is 5.92 Å². The number of likely N-dealkylation sites (tertiary alicyclic amines) is 1. The van der Waals surface area contributed by atoms with Gasteiger partial charge in [0.15, 0.2) is 0 Å². The molecule has 8 heteroatoms. The van der Waals surface area contributed by atoms with Crippen LogP contribution in [0.4, 0.5) is 13.2 Å². The van der Waals surface area contributed by atoms with E-state index in [1.807, 2.05) is 4.90 Å². The molecule has 0 aliphatic carbocycles. The molecule has 0 aromatic heterocycles. The average Bonchev–Trinajstić information content (AvgIpc) is 3.11. The smallest absolute Gasteiger partial charge is 0.339 e. The van der Waals surface area contributed by atoms with Gasteiger partial charge in [0.2, 0.25) is 5.91 Å². The maximum atomic E-state index is 13.0. The molecule has 0 spiro atoms. The number of amides is 1. The molecule has 2 saturated heterocycles. The molecule has 1 atom stereocenters. The summed E-state index contributed by atoms with van der Waals surface area (Å²) >= 11 is 13.0. The number of nitrogens with one attached hydrogen (secondary N) is 1. The second-order valence-electron chi connectivity index (χ2n) is 8.20. The Bertz CT molecular complexity index is 951. The molecule has 2 heterocycles. The Morgan fingerprint density at radius 1 is 1.00 bits per heavy atom. The molecule has 4 rings (SSSR count). The van der Waals surface area contributed by atoms with Crippen molar-refractivity contribution in [1.29, 1.82) is 0 Å². The molecule has 1 N–H and O–H groups in total. The highest BCUT2D eigenvalue weighted by Crippen LogP contribution is 2.37. The number of halogens is 5. The Morgan fingerprint density at radius 3 is 2.32 bits per heavy atom. The monoisotopic (exact) mass is 470 g/mol. The molecule has 1 amide bonds. The minimum absolute atomic E-state index is 0.140. The van der Waals surface area contributed by atoms with Gasteiger partial charge in [-0.15, -0.1) is 0 Å². The predicted molar refractivity (Wildman–Crippen MR) is 116 cm³/mol. The summed E-state index contributed by atoms with van der Waals surface area (Å²) in [6, 6.07) is 8.60. The normalized spacial score (nSPS) is 20.5. The van der Waals surface area contributed by atoms with Crippen molar-refractivity contribution in [1.82, 2.24) is 10.2 Å². The molecule has 31 heavy (non-hydrogen) atoms. The number of benzene rings is 2. The van der Waals surface area contributed by atoms with Gasteiger partial charge in [-0.25, -0.2) is 0 Å². The maximum absolute atomic E-state index is 13.0. The summed E-state index contributed by atoms with van der Waals surface area (Å²) < 4.78 is 39.1. The molecule has 2 aliphatic rings. The molecule has 2 aromatic rings. The van der Waals surface area contributed by atoms with Gasteiger partial charge in [-0.2, -0.15) is 13.2 Å². The highest BCUT2D eigenvalue weighted by atomic mass is 35.5. The summed E-state index contributed by atoms with van der Waals surface area (Å²) in [5.74, 6) is -0.0368. The van der Waals surface area contributed by atoms with Crippen LogP contribution in [0.1, 0.15) is 30.4 Å². The van der Waals surface area contributed by atoms with Crippen molar-refractivity contribution in [3.05, 3.63) is 57.6 Å². The Balaban J connectivity index is 1.53. The van der Waals surface area contributed by atoms with E-state index in [0.29, 0.717) is 33.2 Å². The summed E-state index contributed by atoms with van der Waals surface area (Å²) in [6.45, 7) is 2.59. The van der Waals surface area contributed by atoms with Gasteiger partial charge >= 0.3 is 6.18 Å².